The molecule has 2 heteroatoms. The molecule has 2 nitrogen and oxygen atoms in total. The van der Waals surface area contributed by atoms with E-state index in [4.69, 9.17) is 5.73 Å². The van der Waals surface area contributed by atoms with Gasteiger partial charge >= 0.3 is 0 Å². The van der Waals surface area contributed by atoms with Crippen LogP contribution in [0.5, 0.6) is 0 Å². The van der Waals surface area contributed by atoms with Crippen LogP contribution < -0.4 is 5.73 Å². The van der Waals surface area contributed by atoms with Gasteiger partial charge in [0.05, 0.1) is 0 Å². The predicted molar refractivity (Wildman–Crippen MR) is 58.8 cm³/mol. The molecule has 0 radical (unpaired) electrons. The Kier molecular flexibility index (Phi) is 4.71. The number of hydrogen-bond acceptors (Lipinski definition) is 1. The number of primary amides is 1. The molecule has 0 aromatic heterocycles. The van der Waals surface area contributed by atoms with Crippen molar-refractivity contribution >= 4 is 5.91 Å². The monoisotopic (exact) mass is 195 g/mol. The van der Waals surface area contributed by atoms with Gasteiger partial charge in [-0.3, -0.25) is 4.79 Å². The van der Waals surface area contributed by atoms with Crippen LogP contribution in [0.25, 0.3) is 0 Å². The SMILES string of the molecule is CCCCC=C(C(N)=O)C1CCCC1. The lowest BCUT2D eigenvalue weighted by Crippen LogP contribution is -2.19. The van der Waals surface area contributed by atoms with Crippen molar-refractivity contribution in [1.82, 2.24) is 0 Å². The van der Waals surface area contributed by atoms with E-state index in [-0.39, 0.29) is 5.91 Å². The van der Waals surface area contributed by atoms with E-state index >= 15 is 0 Å². The van der Waals surface area contributed by atoms with Gasteiger partial charge in [-0.1, -0.05) is 38.7 Å². The zero-order valence-electron chi connectivity index (χ0n) is 9.09. The van der Waals surface area contributed by atoms with Crippen molar-refractivity contribution in [1.29, 1.82) is 0 Å². The Bertz CT molecular complexity index is 214. The van der Waals surface area contributed by atoms with Crippen LogP contribution in [0.2, 0.25) is 0 Å². The lowest BCUT2D eigenvalue weighted by molar-refractivity contribution is -0.115. The number of carbonyl (C=O) groups is 1. The Morgan fingerprint density at radius 2 is 2.07 bits per heavy atom. The predicted octanol–water partition coefficient (Wildman–Crippen LogP) is 2.78. The lowest BCUT2D eigenvalue weighted by atomic mass is 9.95. The molecule has 1 saturated carbocycles. The van der Waals surface area contributed by atoms with E-state index in [0.717, 1.165) is 31.3 Å². The van der Waals surface area contributed by atoms with Gasteiger partial charge in [0.25, 0.3) is 0 Å². The highest BCUT2D eigenvalue weighted by atomic mass is 16.1. The van der Waals surface area contributed by atoms with E-state index in [1.54, 1.807) is 0 Å². The Morgan fingerprint density at radius 3 is 2.57 bits per heavy atom. The van der Waals surface area contributed by atoms with Crippen molar-refractivity contribution in [2.75, 3.05) is 0 Å². The first-order valence-electron chi connectivity index (χ1n) is 5.75. The summed E-state index contributed by atoms with van der Waals surface area (Å²) in [5, 5.41) is 0. The van der Waals surface area contributed by atoms with E-state index in [2.05, 4.69) is 13.0 Å². The molecule has 0 saturated heterocycles. The third kappa shape index (κ3) is 3.17. The summed E-state index contributed by atoms with van der Waals surface area (Å²) in [6.07, 6.45) is 10.2. The molecular weight excluding hydrogens is 174 g/mol. The first-order chi connectivity index (χ1) is 6.75. The van der Waals surface area contributed by atoms with Gasteiger partial charge in [0.15, 0.2) is 0 Å². The molecule has 1 aliphatic carbocycles. The van der Waals surface area contributed by atoms with Gasteiger partial charge in [-0.25, -0.2) is 0 Å². The number of hydrogen-bond donors (Lipinski definition) is 1. The highest BCUT2D eigenvalue weighted by Crippen LogP contribution is 2.31. The molecule has 0 aromatic rings. The maximum Gasteiger partial charge on any atom is 0.244 e. The molecule has 14 heavy (non-hydrogen) atoms. The second kappa shape index (κ2) is 5.84. The number of nitrogens with two attached hydrogens (primary N) is 1. The Morgan fingerprint density at radius 1 is 1.43 bits per heavy atom. The zero-order valence-corrected chi connectivity index (χ0v) is 9.09. The Hall–Kier alpha value is -0.790. The van der Waals surface area contributed by atoms with Gasteiger partial charge in [-0.15, -0.1) is 0 Å². The molecule has 1 rings (SSSR count). The fourth-order valence-electron chi connectivity index (χ4n) is 2.17. The summed E-state index contributed by atoms with van der Waals surface area (Å²) in [5.41, 5.74) is 6.29. The van der Waals surface area contributed by atoms with Crippen LogP contribution >= 0.6 is 0 Å². The van der Waals surface area contributed by atoms with Crippen molar-refractivity contribution in [3.05, 3.63) is 11.6 Å². The fourth-order valence-corrected chi connectivity index (χ4v) is 2.17. The first-order valence-corrected chi connectivity index (χ1v) is 5.75. The van der Waals surface area contributed by atoms with E-state index < -0.39 is 0 Å². The largest absolute Gasteiger partial charge is 0.366 e. The minimum atomic E-state index is -0.201. The van der Waals surface area contributed by atoms with Crippen molar-refractivity contribution in [3.8, 4) is 0 Å². The highest BCUT2D eigenvalue weighted by Gasteiger charge is 2.22. The van der Waals surface area contributed by atoms with Gasteiger partial charge in [0, 0.05) is 5.57 Å². The molecule has 1 amide bonds. The summed E-state index contributed by atoms with van der Waals surface area (Å²) in [6, 6.07) is 0. The molecule has 0 aromatic carbocycles. The topological polar surface area (TPSA) is 43.1 Å². The molecule has 0 heterocycles. The van der Waals surface area contributed by atoms with Gasteiger partial charge in [-0.05, 0) is 25.2 Å². The first kappa shape index (κ1) is 11.3. The van der Waals surface area contributed by atoms with E-state index in [1.165, 1.54) is 19.3 Å². The molecule has 0 spiro atoms. The zero-order chi connectivity index (χ0) is 10.4. The van der Waals surface area contributed by atoms with Crippen molar-refractivity contribution < 1.29 is 4.79 Å². The summed E-state index contributed by atoms with van der Waals surface area (Å²) in [4.78, 5) is 11.2. The summed E-state index contributed by atoms with van der Waals surface area (Å²) >= 11 is 0. The van der Waals surface area contributed by atoms with Gasteiger partial charge < -0.3 is 5.73 Å². The number of amides is 1. The molecule has 0 bridgehead atoms. The fraction of sp³-hybridized carbons (Fsp3) is 0.750. The Balaban J connectivity index is 2.53. The van der Waals surface area contributed by atoms with Crippen LogP contribution in [0, 0.1) is 5.92 Å². The Labute approximate surface area is 86.6 Å². The third-order valence-corrected chi connectivity index (χ3v) is 3.00. The lowest BCUT2D eigenvalue weighted by Gasteiger charge is -2.10. The van der Waals surface area contributed by atoms with Gasteiger partial charge in [0.1, 0.15) is 0 Å². The van der Waals surface area contributed by atoms with E-state index in [0.29, 0.717) is 5.92 Å². The second-order valence-electron chi connectivity index (χ2n) is 4.15. The maximum atomic E-state index is 11.2. The summed E-state index contributed by atoms with van der Waals surface area (Å²) in [5.74, 6) is 0.261. The average molecular weight is 195 g/mol. The van der Waals surface area contributed by atoms with E-state index in [1.807, 2.05) is 0 Å². The normalized spacial score (nSPS) is 18.8. The van der Waals surface area contributed by atoms with E-state index in [9.17, 15) is 4.79 Å². The highest BCUT2D eigenvalue weighted by molar-refractivity contribution is 5.92. The van der Waals surface area contributed by atoms with Gasteiger partial charge in [-0.2, -0.15) is 0 Å². The molecule has 1 fully saturated rings. The number of rotatable bonds is 5. The molecule has 2 N–H and O–H groups in total. The number of unbranched alkanes of at least 4 members (excludes halogenated alkanes) is 2. The molecule has 0 aliphatic heterocycles. The summed E-state index contributed by atoms with van der Waals surface area (Å²) < 4.78 is 0. The van der Waals surface area contributed by atoms with Crippen LogP contribution in [-0.2, 0) is 4.79 Å². The minimum absolute atomic E-state index is 0.201. The second-order valence-corrected chi connectivity index (χ2v) is 4.15. The quantitative estimate of drug-likeness (QED) is 0.532. The summed E-state index contributed by atoms with van der Waals surface area (Å²) in [6.45, 7) is 2.16. The number of carbonyl (C=O) groups excluding carboxylic acids is 1. The maximum absolute atomic E-state index is 11.2. The molecule has 0 unspecified atom stereocenters. The third-order valence-electron chi connectivity index (χ3n) is 3.00. The molecule has 0 atom stereocenters. The smallest absolute Gasteiger partial charge is 0.244 e. The number of allylic oxidation sites excluding steroid dienone is 1. The van der Waals surface area contributed by atoms with Crippen molar-refractivity contribution in [2.45, 2.75) is 51.9 Å². The van der Waals surface area contributed by atoms with Crippen molar-refractivity contribution in [2.24, 2.45) is 11.7 Å². The van der Waals surface area contributed by atoms with Crippen LogP contribution in [-0.4, -0.2) is 5.91 Å². The van der Waals surface area contributed by atoms with Crippen LogP contribution in [0.15, 0.2) is 11.6 Å². The van der Waals surface area contributed by atoms with Gasteiger partial charge in [0.2, 0.25) is 5.91 Å². The van der Waals surface area contributed by atoms with Crippen molar-refractivity contribution in [3.63, 3.8) is 0 Å². The minimum Gasteiger partial charge on any atom is -0.366 e. The van der Waals surface area contributed by atoms with Crippen LogP contribution in [0.1, 0.15) is 51.9 Å². The average Bonchev–Trinajstić information content (AvgIpc) is 2.64. The summed E-state index contributed by atoms with van der Waals surface area (Å²) in [7, 11) is 0. The van der Waals surface area contributed by atoms with Crippen LogP contribution in [0.4, 0.5) is 0 Å². The molecule has 1 aliphatic rings. The molecular formula is C12H21NO. The standard InChI is InChI=1S/C12H21NO/c1-2-3-4-9-11(12(13)14)10-7-5-6-8-10/h9-10H,2-8H2,1H3,(H2,13,14). The molecule has 80 valence electrons. The van der Waals surface area contributed by atoms with Crippen LogP contribution in [0.3, 0.4) is 0 Å².